The van der Waals surface area contributed by atoms with E-state index in [2.05, 4.69) is 10.3 Å². The van der Waals surface area contributed by atoms with Gasteiger partial charge < -0.3 is 15.2 Å². The van der Waals surface area contributed by atoms with Crippen molar-refractivity contribution >= 4 is 17.6 Å². The second-order valence-electron chi connectivity index (χ2n) is 6.71. The number of para-hydroxylation sites is 1. The van der Waals surface area contributed by atoms with E-state index in [0.29, 0.717) is 17.1 Å². The highest BCUT2D eigenvalue weighted by Gasteiger charge is 2.16. The SMILES string of the molecule is O=C(Nc1cc(Oc2ccccc2)ccc1C(=O)O)c1cncc(-c2ccccc2)c1. The molecule has 0 fully saturated rings. The summed E-state index contributed by atoms with van der Waals surface area (Å²) < 4.78 is 5.76. The van der Waals surface area contributed by atoms with Crippen LogP contribution in [0.3, 0.4) is 0 Å². The molecule has 1 heterocycles. The number of pyridine rings is 1. The zero-order valence-electron chi connectivity index (χ0n) is 16.4. The van der Waals surface area contributed by atoms with Crippen LogP contribution in [0.4, 0.5) is 5.69 Å². The molecule has 0 atom stereocenters. The lowest BCUT2D eigenvalue weighted by Gasteiger charge is -2.12. The molecule has 0 aliphatic carbocycles. The maximum atomic E-state index is 12.9. The minimum absolute atomic E-state index is 0.0408. The van der Waals surface area contributed by atoms with Gasteiger partial charge >= 0.3 is 5.97 Å². The van der Waals surface area contributed by atoms with Gasteiger partial charge in [-0.1, -0.05) is 48.5 Å². The Morgan fingerprint density at radius 3 is 2.19 bits per heavy atom. The molecule has 0 aliphatic heterocycles. The molecule has 2 N–H and O–H groups in total. The van der Waals surface area contributed by atoms with Gasteiger partial charge in [-0.05, 0) is 35.9 Å². The molecular weight excluding hydrogens is 392 g/mol. The third kappa shape index (κ3) is 4.76. The first-order valence-electron chi connectivity index (χ1n) is 9.52. The van der Waals surface area contributed by atoms with Gasteiger partial charge in [0, 0.05) is 24.0 Å². The third-order valence-electron chi connectivity index (χ3n) is 4.56. The summed E-state index contributed by atoms with van der Waals surface area (Å²) in [5.74, 6) is -0.618. The summed E-state index contributed by atoms with van der Waals surface area (Å²) in [5, 5.41) is 12.2. The molecule has 0 spiro atoms. The van der Waals surface area contributed by atoms with Gasteiger partial charge in [0.25, 0.3) is 5.91 Å². The molecule has 0 aliphatic rings. The summed E-state index contributed by atoms with van der Waals surface area (Å²) in [6.07, 6.45) is 3.11. The van der Waals surface area contributed by atoms with E-state index in [1.165, 1.54) is 18.3 Å². The predicted octanol–water partition coefficient (Wildman–Crippen LogP) is 5.49. The average Bonchev–Trinajstić information content (AvgIpc) is 2.80. The third-order valence-corrected chi connectivity index (χ3v) is 4.56. The van der Waals surface area contributed by atoms with Crippen LogP contribution in [0.1, 0.15) is 20.7 Å². The van der Waals surface area contributed by atoms with Gasteiger partial charge in [-0.3, -0.25) is 9.78 Å². The van der Waals surface area contributed by atoms with E-state index in [1.54, 1.807) is 30.5 Å². The number of carbonyl (C=O) groups is 2. The molecule has 3 aromatic carbocycles. The van der Waals surface area contributed by atoms with Gasteiger partial charge in [0.1, 0.15) is 11.5 Å². The van der Waals surface area contributed by atoms with Crippen LogP contribution >= 0.6 is 0 Å². The fourth-order valence-corrected chi connectivity index (χ4v) is 3.05. The second kappa shape index (κ2) is 8.92. The minimum Gasteiger partial charge on any atom is -0.478 e. The first-order valence-corrected chi connectivity index (χ1v) is 9.52. The quantitative estimate of drug-likeness (QED) is 0.439. The average molecular weight is 410 g/mol. The van der Waals surface area contributed by atoms with Gasteiger partial charge in [-0.25, -0.2) is 4.79 Å². The van der Waals surface area contributed by atoms with E-state index < -0.39 is 11.9 Å². The number of aromatic carboxylic acids is 1. The molecule has 1 amide bonds. The summed E-state index contributed by atoms with van der Waals surface area (Å²) in [6.45, 7) is 0. The highest BCUT2D eigenvalue weighted by molar-refractivity contribution is 6.08. The number of carboxylic acid groups (broad SMARTS) is 1. The van der Waals surface area contributed by atoms with E-state index in [1.807, 2.05) is 48.5 Å². The Morgan fingerprint density at radius 1 is 0.774 bits per heavy atom. The number of rotatable bonds is 6. The van der Waals surface area contributed by atoms with Crippen molar-refractivity contribution in [3.63, 3.8) is 0 Å². The molecule has 0 unspecified atom stereocenters. The smallest absolute Gasteiger partial charge is 0.337 e. The highest BCUT2D eigenvalue weighted by atomic mass is 16.5. The largest absolute Gasteiger partial charge is 0.478 e. The molecular formula is C25H18N2O4. The van der Waals surface area contributed by atoms with Crippen LogP contribution in [0, 0.1) is 0 Å². The minimum atomic E-state index is -1.15. The number of aromatic nitrogens is 1. The number of nitrogens with one attached hydrogen (secondary N) is 1. The number of hydrogen-bond acceptors (Lipinski definition) is 4. The van der Waals surface area contributed by atoms with Crippen molar-refractivity contribution < 1.29 is 19.4 Å². The number of benzene rings is 3. The Morgan fingerprint density at radius 2 is 1.48 bits per heavy atom. The monoisotopic (exact) mass is 410 g/mol. The maximum Gasteiger partial charge on any atom is 0.337 e. The highest BCUT2D eigenvalue weighted by Crippen LogP contribution is 2.28. The van der Waals surface area contributed by atoms with E-state index in [9.17, 15) is 14.7 Å². The van der Waals surface area contributed by atoms with Crippen molar-refractivity contribution in [3.8, 4) is 22.6 Å². The number of ether oxygens (including phenoxy) is 1. The van der Waals surface area contributed by atoms with E-state index in [-0.39, 0.29) is 11.3 Å². The molecule has 0 saturated carbocycles. The van der Waals surface area contributed by atoms with E-state index >= 15 is 0 Å². The molecule has 6 heteroatoms. The summed E-state index contributed by atoms with van der Waals surface area (Å²) in [6, 6.07) is 24.8. The molecule has 152 valence electrons. The number of carboxylic acids is 1. The van der Waals surface area contributed by atoms with Gasteiger partial charge in [-0.15, -0.1) is 0 Å². The Hall–Kier alpha value is -4.45. The standard InChI is InChI=1S/C25H18N2O4/c28-24(19-13-18(15-26-16-19)17-7-3-1-4-8-17)27-23-14-21(11-12-22(23)25(29)30)31-20-9-5-2-6-10-20/h1-16H,(H,27,28)(H,29,30). The fourth-order valence-electron chi connectivity index (χ4n) is 3.05. The van der Waals surface area contributed by atoms with Crippen LogP contribution in [0.5, 0.6) is 11.5 Å². The number of amides is 1. The van der Waals surface area contributed by atoms with Crippen LogP contribution < -0.4 is 10.1 Å². The Kier molecular flexibility index (Phi) is 5.71. The summed E-state index contributed by atoms with van der Waals surface area (Å²) in [7, 11) is 0. The van der Waals surface area contributed by atoms with Crippen LogP contribution in [-0.4, -0.2) is 22.0 Å². The van der Waals surface area contributed by atoms with Gasteiger partial charge in [0.05, 0.1) is 16.8 Å². The van der Waals surface area contributed by atoms with Crippen molar-refractivity contribution in [1.29, 1.82) is 0 Å². The van der Waals surface area contributed by atoms with Gasteiger partial charge in [-0.2, -0.15) is 0 Å². The zero-order chi connectivity index (χ0) is 21.6. The fraction of sp³-hybridized carbons (Fsp3) is 0. The molecule has 31 heavy (non-hydrogen) atoms. The molecule has 1 aromatic heterocycles. The lowest BCUT2D eigenvalue weighted by molar-refractivity contribution is 0.0698. The summed E-state index contributed by atoms with van der Waals surface area (Å²) >= 11 is 0. The van der Waals surface area contributed by atoms with Crippen LogP contribution in [0.15, 0.2) is 97.3 Å². The number of carbonyl (C=O) groups excluding carboxylic acids is 1. The normalized spacial score (nSPS) is 10.3. The van der Waals surface area contributed by atoms with Crippen molar-refractivity contribution in [2.45, 2.75) is 0 Å². The van der Waals surface area contributed by atoms with Gasteiger partial charge in [0.2, 0.25) is 0 Å². The van der Waals surface area contributed by atoms with Crippen LogP contribution in [0.2, 0.25) is 0 Å². The number of hydrogen-bond donors (Lipinski definition) is 2. The molecule has 0 radical (unpaired) electrons. The van der Waals surface area contributed by atoms with Crippen molar-refractivity contribution in [2.75, 3.05) is 5.32 Å². The summed E-state index contributed by atoms with van der Waals surface area (Å²) in [5.41, 5.74) is 2.12. The first-order chi connectivity index (χ1) is 15.1. The van der Waals surface area contributed by atoms with Crippen molar-refractivity contribution in [3.05, 3.63) is 108 Å². The number of anilines is 1. The maximum absolute atomic E-state index is 12.9. The first kappa shape index (κ1) is 19.8. The molecule has 4 aromatic rings. The lowest BCUT2D eigenvalue weighted by atomic mass is 10.1. The molecule has 6 nitrogen and oxygen atoms in total. The Balaban J connectivity index is 1.61. The Bertz CT molecular complexity index is 1220. The second-order valence-corrected chi connectivity index (χ2v) is 6.71. The van der Waals surface area contributed by atoms with E-state index in [0.717, 1.165) is 11.1 Å². The predicted molar refractivity (Wildman–Crippen MR) is 118 cm³/mol. The molecule has 0 saturated heterocycles. The Labute approximate surface area is 178 Å². The van der Waals surface area contributed by atoms with Crippen LogP contribution in [-0.2, 0) is 0 Å². The molecule has 0 bridgehead atoms. The van der Waals surface area contributed by atoms with E-state index in [4.69, 9.17) is 4.74 Å². The van der Waals surface area contributed by atoms with Crippen molar-refractivity contribution in [1.82, 2.24) is 4.98 Å². The topological polar surface area (TPSA) is 88.5 Å². The molecule has 4 rings (SSSR count). The zero-order valence-corrected chi connectivity index (χ0v) is 16.4. The van der Waals surface area contributed by atoms with Crippen LogP contribution in [0.25, 0.3) is 11.1 Å². The lowest BCUT2D eigenvalue weighted by Crippen LogP contribution is -2.15. The van der Waals surface area contributed by atoms with Crippen molar-refractivity contribution in [2.24, 2.45) is 0 Å². The van der Waals surface area contributed by atoms with Gasteiger partial charge in [0.15, 0.2) is 0 Å². The number of nitrogens with zero attached hydrogens (tertiary/aromatic N) is 1. The summed E-state index contributed by atoms with van der Waals surface area (Å²) in [4.78, 5) is 28.7.